The van der Waals surface area contributed by atoms with Crippen LogP contribution in [0.15, 0.2) is 42.5 Å². The predicted molar refractivity (Wildman–Crippen MR) is 90.6 cm³/mol. The van der Waals surface area contributed by atoms with Crippen molar-refractivity contribution in [2.75, 3.05) is 24.9 Å². The maximum atomic E-state index is 5.33. The molecule has 5 heteroatoms. The number of rotatable bonds is 4. The molecule has 2 N–H and O–H groups in total. The molecule has 0 aromatic heterocycles. The molecule has 0 saturated carbocycles. The number of thiocarbonyl (C=S) groups is 1. The van der Waals surface area contributed by atoms with E-state index in [2.05, 4.69) is 10.6 Å². The highest BCUT2D eigenvalue weighted by Crippen LogP contribution is 2.29. The van der Waals surface area contributed by atoms with E-state index in [-0.39, 0.29) is 0 Å². The number of anilines is 2. The third-order valence-corrected chi connectivity index (χ3v) is 3.14. The molecule has 0 aliphatic heterocycles. The Bertz CT molecular complexity index is 644. The van der Waals surface area contributed by atoms with Crippen LogP contribution in [0.4, 0.5) is 11.4 Å². The van der Waals surface area contributed by atoms with E-state index < -0.39 is 0 Å². The van der Waals surface area contributed by atoms with Gasteiger partial charge in [0.05, 0.1) is 19.9 Å². The van der Waals surface area contributed by atoms with Crippen LogP contribution in [0.5, 0.6) is 11.5 Å². The maximum absolute atomic E-state index is 5.33. The standard InChI is InChI=1S/C16H18N2O2S/c1-11-5-4-6-12(9-11)17-16(21)18-14-8-7-13(19-2)10-15(14)20-3/h4-10H,1-3H3,(H2,17,18,21). The molecule has 0 amide bonds. The molecule has 0 saturated heterocycles. The average molecular weight is 302 g/mol. The van der Waals surface area contributed by atoms with Gasteiger partial charge in [0.15, 0.2) is 5.11 Å². The van der Waals surface area contributed by atoms with Crippen LogP contribution in [0.2, 0.25) is 0 Å². The average Bonchev–Trinajstić information content (AvgIpc) is 2.47. The monoisotopic (exact) mass is 302 g/mol. The number of hydrogen-bond acceptors (Lipinski definition) is 3. The summed E-state index contributed by atoms with van der Waals surface area (Å²) in [5.74, 6) is 1.40. The minimum Gasteiger partial charge on any atom is -0.497 e. The molecule has 21 heavy (non-hydrogen) atoms. The zero-order chi connectivity index (χ0) is 15.2. The lowest BCUT2D eigenvalue weighted by Crippen LogP contribution is -2.19. The molecule has 0 aliphatic carbocycles. The third kappa shape index (κ3) is 4.10. The first-order valence-electron chi connectivity index (χ1n) is 6.49. The Kier molecular flexibility index (Phi) is 5.00. The van der Waals surface area contributed by atoms with Gasteiger partial charge in [-0.25, -0.2) is 0 Å². The Morgan fingerprint density at radius 3 is 2.48 bits per heavy atom. The van der Waals surface area contributed by atoms with Crippen LogP contribution >= 0.6 is 12.2 Å². The minimum absolute atomic E-state index is 0.504. The van der Waals surface area contributed by atoms with Gasteiger partial charge < -0.3 is 20.1 Å². The summed E-state index contributed by atoms with van der Waals surface area (Å²) in [4.78, 5) is 0. The third-order valence-electron chi connectivity index (χ3n) is 2.93. The quantitative estimate of drug-likeness (QED) is 0.840. The van der Waals surface area contributed by atoms with E-state index >= 15 is 0 Å². The summed E-state index contributed by atoms with van der Waals surface area (Å²) in [6.45, 7) is 2.04. The van der Waals surface area contributed by atoms with Crippen molar-refractivity contribution in [1.29, 1.82) is 0 Å². The van der Waals surface area contributed by atoms with Crippen LogP contribution in [0.1, 0.15) is 5.56 Å². The first kappa shape index (κ1) is 15.1. The van der Waals surface area contributed by atoms with Crippen LogP contribution in [0.3, 0.4) is 0 Å². The van der Waals surface area contributed by atoms with Crippen molar-refractivity contribution in [2.24, 2.45) is 0 Å². The molecule has 0 bridgehead atoms. The highest BCUT2D eigenvalue weighted by molar-refractivity contribution is 7.80. The van der Waals surface area contributed by atoms with E-state index in [9.17, 15) is 0 Å². The van der Waals surface area contributed by atoms with E-state index in [1.54, 1.807) is 20.3 Å². The van der Waals surface area contributed by atoms with Gasteiger partial charge in [0.1, 0.15) is 11.5 Å². The fourth-order valence-electron chi connectivity index (χ4n) is 1.91. The van der Waals surface area contributed by atoms with E-state index in [1.165, 1.54) is 5.56 Å². The SMILES string of the molecule is COc1ccc(NC(=S)Nc2cccc(C)c2)c(OC)c1. The summed E-state index contributed by atoms with van der Waals surface area (Å²) in [5, 5.41) is 6.77. The number of nitrogens with one attached hydrogen (secondary N) is 2. The van der Waals surface area contributed by atoms with Crippen LogP contribution in [-0.4, -0.2) is 19.3 Å². The molecule has 0 unspecified atom stereocenters. The zero-order valence-corrected chi connectivity index (χ0v) is 13.1. The van der Waals surface area contributed by atoms with Crippen molar-refractivity contribution in [3.63, 3.8) is 0 Å². The highest BCUT2D eigenvalue weighted by Gasteiger charge is 2.07. The Balaban J connectivity index is 2.09. The van der Waals surface area contributed by atoms with Gasteiger partial charge in [0.25, 0.3) is 0 Å². The Morgan fingerprint density at radius 2 is 1.81 bits per heavy atom. The van der Waals surface area contributed by atoms with Crippen molar-refractivity contribution in [3.05, 3.63) is 48.0 Å². The van der Waals surface area contributed by atoms with Gasteiger partial charge >= 0.3 is 0 Å². The van der Waals surface area contributed by atoms with Crippen LogP contribution in [0.25, 0.3) is 0 Å². The summed E-state index contributed by atoms with van der Waals surface area (Å²) in [7, 11) is 3.22. The molecule has 0 fully saturated rings. The summed E-state index contributed by atoms with van der Waals surface area (Å²) in [5.41, 5.74) is 2.90. The summed E-state index contributed by atoms with van der Waals surface area (Å²) in [6, 6.07) is 13.5. The van der Waals surface area contributed by atoms with Gasteiger partial charge in [0.2, 0.25) is 0 Å². The molecule has 0 heterocycles. The lowest BCUT2D eigenvalue weighted by atomic mass is 10.2. The smallest absolute Gasteiger partial charge is 0.175 e. The van der Waals surface area contributed by atoms with Crippen molar-refractivity contribution in [1.82, 2.24) is 0 Å². The Hall–Kier alpha value is -2.27. The molecule has 2 rings (SSSR count). The van der Waals surface area contributed by atoms with Gasteiger partial charge in [0, 0.05) is 11.8 Å². The lowest BCUT2D eigenvalue weighted by molar-refractivity contribution is 0.395. The van der Waals surface area contributed by atoms with Gasteiger partial charge in [-0.05, 0) is 49.0 Å². The second kappa shape index (κ2) is 6.95. The summed E-state index contributed by atoms with van der Waals surface area (Å²) >= 11 is 5.32. The van der Waals surface area contributed by atoms with E-state index in [0.29, 0.717) is 10.9 Å². The fourth-order valence-corrected chi connectivity index (χ4v) is 2.14. The summed E-state index contributed by atoms with van der Waals surface area (Å²) < 4.78 is 10.5. The number of aryl methyl sites for hydroxylation is 1. The predicted octanol–water partition coefficient (Wildman–Crippen LogP) is 3.82. The first-order chi connectivity index (χ1) is 10.1. The van der Waals surface area contributed by atoms with Crippen molar-refractivity contribution in [3.8, 4) is 11.5 Å². The highest BCUT2D eigenvalue weighted by atomic mass is 32.1. The minimum atomic E-state index is 0.504. The second-order valence-electron chi connectivity index (χ2n) is 4.51. The molecule has 0 atom stereocenters. The van der Waals surface area contributed by atoms with Gasteiger partial charge in [-0.1, -0.05) is 12.1 Å². The lowest BCUT2D eigenvalue weighted by Gasteiger charge is -2.14. The summed E-state index contributed by atoms with van der Waals surface area (Å²) in [6.07, 6.45) is 0. The van der Waals surface area contributed by atoms with E-state index in [4.69, 9.17) is 21.7 Å². The largest absolute Gasteiger partial charge is 0.497 e. The number of methoxy groups -OCH3 is 2. The number of hydrogen-bond donors (Lipinski definition) is 2. The number of ether oxygens (including phenoxy) is 2. The maximum Gasteiger partial charge on any atom is 0.175 e. The van der Waals surface area contributed by atoms with Gasteiger partial charge in [-0.3, -0.25) is 0 Å². The van der Waals surface area contributed by atoms with Crippen molar-refractivity contribution in [2.45, 2.75) is 6.92 Å². The normalized spacial score (nSPS) is 9.86. The molecule has 2 aromatic carbocycles. The molecule has 110 valence electrons. The molecular formula is C16H18N2O2S. The topological polar surface area (TPSA) is 42.5 Å². The van der Waals surface area contributed by atoms with Crippen molar-refractivity contribution >= 4 is 28.7 Å². The molecule has 2 aromatic rings. The van der Waals surface area contributed by atoms with Gasteiger partial charge in [-0.15, -0.1) is 0 Å². The molecular weight excluding hydrogens is 284 g/mol. The van der Waals surface area contributed by atoms with E-state index in [1.807, 2.05) is 43.3 Å². The molecule has 0 aliphatic rings. The van der Waals surface area contributed by atoms with Crippen LogP contribution < -0.4 is 20.1 Å². The van der Waals surface area contributed by atoms with Crippen LogP contribution in [0, 0.1) is 6.92 Å². The molecule has 0 spiro atoms. The molecule has 0 radical (unpaired) electrons. The Labute approximate surface area is 130 Å². The zero-order valence-electron chi connectivity index (χ0n) is 12.3. The molecule has 4 nitrogen and oxygen atoms in total. The number of benzene rings is 2. The van der Waals surface area contributed by atoms with Crippen LogP contribution in [-0.2, 0) is 0 Å². The Morgan fingerprint density at radius 1 is 1.00 bits per heavy atom. The van der Waals surface area contributed by atoms with Crippen molar-refractivity contribution < 1.29 is 9.47 Å². The van der Waals surface area contributed by atoms with E-state index in [0.717, 1.165) is 17.1 Å². The second-order valence-corrected chi connectivity index (χ2v) is 4.92. The fraction of sp³-hybridized carbons (Fsp3) is 0.188. The first-order valence-corrected chi connectivity index (χ1v) is 6.90. The van der Waals surface area contributed by atoms with Gasteiger partial charge in [-0.2, -0.15) is 0 Å².